The first kappa shape index (κ1) is 18.6. The Morgan fingerprint density at radius 1 is 1.08 bits per heavy atom. The van der Waals surface area contributed by atoms with Crippen molar-refractivity contribution in [1.82, 2.24) is 15.0 Å². The highest BCUT2D eigenvalue weighted by molar-refractivity contribution is 5.60. The number of aromatic nitrogens is 3. The van der Waals surface area contributed by atoms with Gasteiger partial charge in [0.1, 0.15) is 5.82 Å². The van der Waals surface area contributed by atoms with Crippen molar-refractivity contribution < 1.29 is 18.3 Å². The van der Waals surface area contributed by atoms with E-state index in [9.17, 15) is 8.78 Å². The molecule has 25 heavy (non-hydrogen) atoms. The summed E-state index contributed by atoms with van der Waals surface area (Å²) in [6, 6.07) is 4.59. The molecule has 0 atom stereocenters. The molecule has 0 aliphatic heterocycles. The fourth-order valence-electron chi connectivity index (χ4n) is 1.97. The average Bonchev–Trinajstić information content (AvgIpc) is 2.54. The van der Waals surface area contributed by atoms with Crippen LogP contribution in [0.2, 0.25) is 0 Å². The van der Waals surface area contributed by atoms with E-state index in [0.717, 1.165) is 0 Å². The highest BCUT2D eigenvalue weighted by Crippen LogP contribution is 2.32. The summed E-state index contributed by atoms with van der Waals surface area (Å²) in [5, 5.41) is 2.99. The van der Waals surface area contributed by atoms with Gasteiger partial charge in [0.15, 0.2) is 11.5 Å². The average molecular weight is 353 g/mol. The highest BCUT2D eigenvalue weighted by atomic mass is 19.3. The van der Waals surface area contributed by atoms with Crippen LogP contribution >= 0.6 is 0 Å². The summed E-state index contributed by atoms with van der Waals surface area (Å²) >= 11 is 0. The van der Waals surface area contributed by atoms with Gasteiger partial charge < -0.3 is 19.7 Å². The number of alkyl halides is 2. The zero-order chi connectivity index (χ0) is 18.6. The van der Waals surface area contributed by atoms with Gasteiger partial charge in [-0.05, 0) is 12.1 Å². The highest BCUT2D eigenvalue weighted by Gasteiger charge is 2.14. The summed E-state index contributed by atoms with van der Waals surface area (Å²) in [7, 11) is 5.03. The molecule has 1 aromatic heterocycles. The van der Waals surface area contributed by atoms with Crippen LogP contribution in [-0.4, -0.2) is 42.8 Å². The lowest BCUT2D eigenvalue weighted by Crippen LogP contribution is -2.16. The van der Waals surface area contributed by atoms with Crippen LogP contribution in [0.4, 0.5) is 26.4 Å². The van der Waals surface area contributed by atoms with Crippen LogP contribution in [0.5, 0.6) is 11.5 Å². The molecule has 0 unspecified atom stereocenters. The Labute approximate surface area is 145 Å². The second-order valence-electron chi connectivity index (χ2n) is 5.74. The summed E-state index contributed by atoms with van der Waals surface area (Å²) < 4.78 is 34.6. The molecule has 1 heterocycles. The van der Waals surface area contributed by atoms with E-state index in [1.54, 1.807) is 11.0 Å². The van der Waals surface area contributed by atoms with Gasteiger partial charge >= 0.3 is 6.61 Å². The standard InChI is InChI=1S/C16H21F2N5O2/c1-9(2)13-20-15(22-16(21-13)23(3)4)19-10-6-7-11(24-5)12(8-10)25-14(17)18/h6-9,14H,1-5H3,(H,19,20,21,22). The minimum absolute atomic E-state index is 0.0755. The van der Waals surface area contributed by atoms with Crippen LogP contribution in [0.15, 0.2) is 18.2 Å². The lowest BCUT2D eigenvalue weighted by molar-refractivity contribution is -0.0511. The van der Waals surface area contributed by atoms with Crippen molar-refractivity contribution in [3.63, 3.8) is 0 Å². The zero-order valence-electron chi connectivity index (χ0n) is 14.7. The van der Waals surface area contributed by atoms with Gasteiger partial charge in [-0.15, -0.1) is 0 Å². The Morgan fingerprint density at radius 3 is 2.36 bits per heavy atom. The van der Waals surface area contributed by atoms with Crippen LogP contribution < -0.4 is 19.7 Å². The summed E-state index contributed by atoms with van der Waals surface area (Å²) in [6.45, 7) is 0.996. The molecule has 0 aliphatic rings. The van der Waals surface area contributed by atoms with E-state index < -0.39 is 6.61 Å². The number of nitrogens with zero attached hydrogens (tertiary/aromatic N) is 4. The van der Waals surface area contributed by atoms with Crippen molar-refractivity contribution in [2.45, 2.75) is 26.4 Å². The monoisotopic (exact) mass is 353 g/mol. The van der Waals surface area contributed by atoms with Gasteiger partial charge in [-0.3, -0.25) is 0 Å². The van der Waals surface area contributed by atoms with E-state index in [1.807, 2.05) is 27.9 Å². The quantitative estimate of drug-likeness (QED) is 0.818. The molecule has 1 aromatic carbocycles. The van der Waals surface area contributed by atoms with Gasteiger partial charge in [0.2, 0.25) is 11.9 Å². The van der Waals surface area contributed by atoms with Gasteiger partial charge in [0.05, 0.1) is 7.11 Å². The van der Waals surface area contributed by atoms with Crippen LogP contribution in [0.25, 0.3) is 0 Å². The molecule has 0 radical (unpaired) electrons. The van der Waals surface area contributed by atoms with Crippen LogP contribution in [0, 0.1) is 0 Å². The number of methoxy groups -OCH3 is 1. The summed E-state index contributed by atoms with van der Waals surface area (Å²) in [4.78, 5) is 14.8. The maximum absolute atomic E-state index is 12.5. The number of nitrogens with one attached hydrogen (secondary N) is 1. The number of ether oxygens (including phenoxy) is 2. The molecule has 2 rings (SSSR count). The Bertz CT molecular complexity index is 699. The molecule has 136 valence electrons. The number of rotatable bonds is 7. The largest absolute Gasteiger partial charge is 0.493 e. The smallest absolute Gasteiger partial charge is 0.387 e. The van der Waals surface area contributed by atoms with Crippen molar-refractivity contribution in [2.24, 2.45) is 0 Å². The minimum Gasteiger partial charge on any atom is -0.493 e. The van der Waals surface area contributed by atoms with Crippen molar-refractivity contribution in [2.75, 3.05) is 31.4 Å². The molecule has 1 N–H and O–H groups in total. The fourth-order valence-corrected chi connectivity index (χ4v) is 1.97. The SMILES string of the molecule is COc1ccc(Nc2nc(C(C)C)nc(N(C)C)n2)cc1OC(F)F. The molecular formula is C16H21F2N5O2. The Balaban J connectivity index is 2.35. The third-order valence-corrected chi connectivity index (χ3v) is 3.19. The van der Waals surface area contributed by atoms with E-state index in [2.05, 4.69) is 25.0 Å². The molecule has 9 heteroatoms. The molecule has 7 nitrogen and oxygen atoms in total. The van der Waals surface area contributed by atoms with Gasteiger partial charge in [-0.1, -0.05) is 13.8 Å². The fraction of sp³-hybridized carbons (Fsp3) is 0.438. The first-order chi connectivity index (χ1) is 11.8. The number of hydrogen-bond acceptors (Lipinski definition) is 7. The molecule has 0 spiro atoms. The number of hydrogen-bond donors (Lipinski definition) is 1. The Morgan fingerprint density at radius 2 is 1.80 bits per heavy atom. The Kier molecular flexibility index (Phi) is 5.89. The van der Waals surface area contributed by atoms with E-state index in [1.165, 1.54) is 19.2 Å². The summed E-state index contributed by atoms with van der Waals surface area (Å²) in [6.07, 6.45) is 0. The first-order valence-corrected chi connectivity index (χ1v) is 7.63. The van der Waals surface area contributed by atoms with Crippen molar-refractivity contribution in [3.05, 3.63) is 24.0 Å². The van der Waals surface area contributed by atoms with Gasteiger partial charge in [-0.2, -0.15) is 23.7 Å². The van der Waals surface area contributed by atoms with Crippen LogP contribution in [-0.2, 0) is 0 Å². The number of benzene rings is 1. The zero-order valence-corrected chi connectivity index (χ0v) is 14.7. The van der Waals surface area contributed by atoms with E-state index >= 15 is 0 Å². The molecule has 0 bridgehead atoms. The van der Waals surface area contributed by atoms with Crippen molar-refractivity contribution in [1.29, 1.82) is 0 Å². The maximum Gasteiger partial charge on any atom is 0.387 e. The number of halogens is 2. The van der Waals surface area contributed by atoms with E-state index in [4.69, 9.17) is 4.74 Å². The second kappa shape index (κ2) is 7.91. The minimum atomic E-state index is -2.95. The molecule has 0 saturated carbocycles. The second-order valence-corrected chi connectivity index (χ2v) is 5.74. The molecular weight excluding hydrogens is 332 g/mol. The first-order valence-electron chi connectivity index (χ1n) is 7.63. The van der Waals surface area contributed by atoms with E-state index in [-0.39, 0.29) is 17.4 Å². The molecule has 0 amide bonds. The third kappa shape index (κ3) is 4.88. The van der Waals surface area contributed by atoms with Crippen molar-refractivity contribution in [3.8, 4) is 11.5 Å². The molecule has 0 saturated heterocycles. The van der Waals surface area contributed by atoms with Gasteiger partial charge in [-0.25, -0.2) is 0 Å². The summed E-state index contributed by atoms with van der Waals surface area (Å²) in [5.74, 6) is 1.68. The normalized spacial score (nSPS) is 10.9. The van der Waals surface area contributed by atoms with Gasteiger partial charge in [0.25, 0.3) is 0 Å². The number of anilines is 3. The molecule has 0 aliphatic carbocycles. The predicted octanol–water partition coefficient (Wildman–Crippen LogP) is 3.41. The maximum atomic E-state index is 12.5. The topological polar surface area (TPSA) is 72.4 Å². The summed E-state index contributed by atoms with van der Waals surface area (Å²) in [5.41, 5.74) is 0.488. The van der Waals surface area contributed by atoms with Crippen molar-refractivity contribution >= 4 is 17.6 Å². The third-order valence-electron chi connectivity index (χ3n) is 3.19. The Hall–Kier alpha value is -2.71. The van der Waals surface area contributed by atoms with Crippen LogP contribution in [0.1, 0.15) is 25.6 Å². The lowest BCUT2D eigenvalue weighted by atomic mass is 10.2. The van der Waals surface area contributed by atoms with Crippen LogP contribution in [0.3, 0.4) is 0 Å². The predicted molar refractivity (Wildman–Crippen MR) is 91.2 cm³/mol. The molecule has 2 aromatic rings. The van der Waals surface area contributed by atoms with Gasteiger partial charge in [0, 0.05) is 31.8 Å². The lowest BCUT2D eigenvalue weighted by Gasteiger charge is -2.15. The molecule has 0 fully saturated rings. The van der Waals surface area contributed by atoms with E-state index in [0.29, 0.717) is 23.4 Å².